The number of carbonyl (C=O) groups excluding carboxylic acids is 1. The zero-order valence-electron chi connectivity index (χ0n) is 11.5. The number of carbonyl (C=O) groups is 1. The number of ether oxygens (including phenoxy) is 1. The van der Waals surface area contributed by atoms with Crippen molar-refractivity contribution in [2.24, 2.45) is 0 Å². The summed E-state index contributed by atoms with van der Waals surface area (Å²) in [5.41, 5.74) is -1.02. The predicted octanol–water partition coefficient (Wildman–Crippen LogP) is 4.49. The molecule has 0 aromatic heterocycles. The SMILES string of the molecule is CCOC(=O)P(=O)(Oc1ccccc1)Oc1ccccc1. The van der Waals surface area contributed by atoms with Crippen molar-refractivity contribution in [3.63, 3.8) is 0 Å². The lowest BCUT2D eigenvalue weighted by Gasteiger charge is -2.18. The fourth-order valence-electron chi connectivity index (χ4n) is 1.54. The van der Waals surface area contributed by atoms with E-state index >= 15 is 0 Å². The van der Waals surface area contributed by atoms with E-state index in [4.69, 9.17) is 13.8 Å². The van der Waals surface area contributed by atoms with Gasteiger partial charge in [-0.3, -0.25) is 0 Å². The highest BCUT2D eigenvalue weighted by molar-refractivity contribution is 7.72. The van der Waals surface area contributed by atoms with E-state index in [1.54, 1.807) is 67.6 Å². The van der Waals surface area contributed by atoms with Gasteiger partial charge in [0, 0.05) is 0 Å². The van der Waals surface area contributed by atoms with Crippen molar-refractivity contribution in [3.05, 3.63) is 60.7 Å². The Morgan fingerprint density at radius 1 is 0.905 bits per heavy atom. The third-order valence-electron chi connectivity index (χ3n) is 2.43. The van der Waals surface area contributed by atoms with Crippen LogP contribution in [0.2, 0.25) is 0 Å². The summed E-state index contributed by atoms with van der Waals surface area (Å²) in [6.45, 7) is 1.70. The summed E-state index contributed by atoms with van der Waals surface area (Å²) < 4.78 is 28.1. The molecular weight excluding hydrogens is 291 g/mol. The summed E-state index contributed by atoms with van der Waals surface area (Å²) in [5, 5.41) is 0. The van der Waals surface area contributed by atoms with Crippen LogP contribution in [-0.2, 0) is 9.30 Å². The Hall–Kier alpha value is -2.26. The molecule has 0 unspecified atom stereocenters. The smallest absolute Gasteiger partial charge is 0.455 e. The molecular formula is C15H15O5P. The molecule has 110 valence electrons. The lowest BCUT2D eigenvalue weighted by atomic mass is 10.3. The van der Waals surface area contributed by atoms with Gasteiger partial charge in [0.05, 0.1) is 6.61 Å². The lowest BCUT2D eigenvalue weighted by Crippen LogP contribution is -2.13. The molecule has 0 aliphatic rings. The first-order chi connectivity index (χ1) is 10.1. The van der Waals surface area contributed by atoms with Gasteiger partial charge in [-0.25, -0.2) is 9.36 Å². The van der Waals surface area contributed by atoms with Crippen molar-refractivity contribution < 1.29 is 23.1 Å². The molecule has 0 atom stereocenters. The van der Waals surface area contributed by atoms with E-state index in [1.807, 2.05) is 0 Å². The maximum Gasteiger partial charge on any atom is 0.540 e. The Morgan fingerprint density at radius 3 is 1.71 bits per heavy atom. The third kappa shape index (κ3) is 4.10. The zero-order chi connectivity index (χ0) is 15.1. The van der Waals surface area contributed by atoms with Crippen LogP contribution in [0.15, 0.2) is 60.7 Å². The second kappa shape index (κ2) is 6.95. The Bertz CT molecular complexity index is 582. The molecule has 0 N–H and O–H groups in total. The van der Waals surface area contributed by atoms with E-state index in [1.165, 1.54) is 0 Å². The minimum atomic E-state index is -4.13. The number of para-hydroxylation sites is 2. The molecule has 2 aromatic carbocycles. The molecule has 21 heavy (non-hydrogen) atoms. The van der Waals surface area contributed by atoms with Gasteiger partial charge in [0.25, 0.3) is 0 Å². The molecule has 0 aliphatic heterocycles. The molecule has 5 nitrogen and oxygen atoms in total. The fourth-order valence-corrected chi connectivity index (χ4v) is 2.81. The predicted molar refractivity (Wildman–Crippen MR) is 78.8 cm³/mol. The van der Waals surface area contributed by atoms with Gasteiger partial charge in [-0.1, -0.05) is 36.4 Å². The fraction of sp³-hybridized carbons (Fsp3) is 0.133. The van der Waals surface area contributed by atoms with Gasteiger partial charge >= 0.3 is 13.3 Å². The summed E-state index contributed by atoms with van der Waals surface area (Å²) in [6.07, 6.45) is 0. The van der Waals surface area contributed by atoms with Crippen LogP contribution < -0.4 is 9.05 Å². The molecule has 0 saturated heterocycles. The molecule has 0 radical (unpaired) electrons. The third-order valence-corrected chi connectivity index (χ3v) is 3.91. The van der Waals surface area contributed by atoms with Crippen LogP contribution in [0, 0.1) is 0 Å². The minimum absolute atomic E-state index is 0.0825. The maximum absolute atomic E-state index is 12.7. The van der Waals surface area contributed by atoms with Gasteiger partial charge in [0.15, 0.2) is 0 Å². The zero-order valence-corrected chi connectivity index (χ0v) is 12.4. The first-order valence-electron chi connectivity index (χ1n) is 6.40. The van der Waals surface area contributed by atoms with E-state index in [0.717, 1.165) is 0 Å². The van der Waals surface area contributed by atoms with Gasteiger partial charge in [-0.15, -0.1) is 0 Å². The molecule has 0 bridgehead atoms. The first kappa shape index (κ1) is 15.1. The van der Waals surface area contributed by atoms with Crippen LogP contribution in [0.3, 0.4) is 0 Å². The Balaban J connectivity index is 2.26. The van der Waals surface area contributed by atoms with E-state index in [0.29, 0.717) is 0 Å². The van der Waals surface area contributed by atoms with Crippen molar-refractivity contribution in [1.29, 1.82) is 0 Å². The van der Waals surface area contributed by atoms with Crippen LogP contribution in [0.4, 0.5) is 4.79 Å². The minimum Gasteiger partial charge on any atom is -0.455 e. The van der Waals surface area contributed by atoms with Crippen LogP contribution >= 0.6 is 7.60 Å². The first-order valence-corrected chi connectivity index (χ1v) is 7.95. The van der Waals surface area contributed by atoms with Crippen molar-refractivity contribution in [2.45, 2.75) is 6.92 Å². The van der Waals surface area contributed by atoms with E-state index in [9.17, 15) is 9.36 Å². The van der Waals surface area contributed by atoms with Gasteiger partial charge in [-0.2, -0.15) is 0 Å². The Morgan fingerprint density at radius 2 is 1.33 bits per heavy atom. The number of hydrogen-bond donors (Lipinski definition) is 0. The van der Waals surface area contributed by atoms with Crippen molar-refractivity contribution in [1.82, 2.24) is 0 Å². The van der Waals surface area contributed by atoms with E-state index in [-0.39, 0.29) is 18.1 Å². The van der Waals surface area contributed by atoms with Crippen molar-refractivity contribution in [3.8, 4) is 11.5 Å². The second-order valence-corrected chi connectivity index (χ2v) is 5.73. The van der Waals surface area contributed by atoms with Crippen LogP contribution in [0.5, 0.6) is 11.5 Å². The van der Waals surface area contributed by atoms with Gasteiger partial charge in [0.2, 0.25) is 0 Å². The Kier molecular flexibility index (Phi) is 5.01. The summed E-state index contributed by atoms with van der Waals surface area (Å²) in [5.74, 6) is 0.537. The second-order valence-electron chi connectivity index (χ2n) is 4.01. The van der Waals surface area contributed by atoms with Gasteiger partial charge < -0.3 is 13.8 Å². The summed E-state index contributed by atoms with van der Waals surface area (Å²) in [6, 6.07) is 16.7. The van der Waals surface area contributed by atoms with E-state index < -0.39 is 13.3 Å². The van der Waals surface area contributed by atoms with Gasteiger partial charge in [0.1, 0.15) is 11.5 Å². The molecule has 0 amide bonds. The van der Waals surface area contributed by atoms with Crippen LogP contribution in [0.25, 0.3) is 0 Å². The number of hydrogen-bond acceptors (Lipinski definition) is 5. The van der Waals surface area contributed by atoms with Crippen molar-refractivity contribution in [2.75, 3.05) is 6.61 Å². The summed E-state index contributed by atoms with van der Waals surface area (Å²) in [7, 11) is -4.13. The topological polar surface area (TPSA) is 61.8 Å². The van der Waals surface area contributed by atoms with Gasteiger partial charge in [-0.05, 0) is 31.2 Å². The largest absolute Gasteiger partial charge is 0.540 e. The van der Waals surface area contributed by atoms with Crippen LogP contribution in [-0.4, -0.2) is 12.3 Å². The van der Waals surface area contributed by atoms with E-state index in [2.05, 4.69) is 0 Å². The number of rotatable bonds is 6. The maximum atomic E-state index is 12.7. The standard InChI is InChI=1S/C15H15O5P/c1-2-18-15(16)21(17,19-13-9-5-3-6-10-13)20-14-11-7-4-8-12-14/h3-12H,2H2,1H3. The molecule has 0 fully saturated rings. The molecule has 2 rings (SSSR count). The average molecular weight is 306 g/mol. The monoisotopic (exact) mass is 306 g/mol. The molecule has 0 aliphatic carbocycles. The number of benzene rings is 2. The molecule has 2 aromatic rings. The lowest BCUT2D eigenvalue weighted by molar-refractivity contribution is 0.170. The normalized spacial score (nSPS) is 10.7. The quantitative estimate of drug-likeness (QED) is 0.736. The van der Waals surface area contributed by atoms with Crippen LogP contribution in [0.1, 0.15) is 6.92 Å². The highest BCUT2D eigenvalue weighted by atomic mass is 31.2. The Labute approximate surface area is 123 Å². The molecule has 0 heterocycles. The summed E-state index contributed by atoms with van der Waals surface area (Å²) in [4.78, 5) is 11.9. The highest BCUT2D eigenvalue weighted by Gasteiger charge is 2.40. The molecule has 0 spiro atoms. The molecule has 6 heteroatoms. The van der Waals surface area contributed by atoms with Crippen molar-refractivity contribution >= 4 is 13.3 Å². The average Bonchev–Trinajstić information content (AvgIpc) is 2.49. The molecule has 0 saturated carbocycles. The summed E-state index contributed by atoms with van der Waals surface area (Å²) >= 11 is 0. The highest BCUT2D eigenvalue weighted by Crippen LogP contribution is 2.50.